The van der Waals surface area contributed by atoms with Crippen LogP contribution in [0.3, 0.4) is 0 Å². The van der Waals surface area contributed by atoms with Crippen LogP contribution in [-0.2, 0) is 6.54 Å². The van der Waals surface area contributed by atoms with Gasteiger partial charge in [0.15, 0.2) is 0 Å². The molecule has 0 heterocycles. The third kappa shape index (κ3) is 4.96. The first-order valence-electron chi connectivity index (χ1n) is 7.00. The van der Waals surface area contributed by atoms with Gasteiger partial charge in [-0.2, -0.15) is 0 Å². The summed E-state index contributed by atoms with van der Waals surface area (Å²) in [6.07, 6.45) is 0.789. The Morgan fingerprint density at radius 2 is 1.86 bits per heavy atom. The van der Waals surface area contributed by atoms with E-state index in [0.717, 1.165) is 23.3 Å². The zero-order valence-electron chi connectivity index (χ0n) is 12.1. The quantitative estimate of drug-likeness (QED) is 0.788. The second-order valence-electron chi connectivity index (χ2n) is 4.84. The van der Waals surface area contributed by atoms with E-state index in [1.54, 1.807) is 0 Å². The van der Waals surface area contributed by atoms with Crippen LogP contribution in [0.15, 0.2) is 42.5 Å². The molecular weight excluding hydrogens is 286 g/mol. The van der Waals surface area contributed by atoms with Crippen LogP contribution in [0.4, 0.5) is 0 Å². The van der Waals surface area contributed by atoms with Gasteiger partial charge in [-0.05, 0) is 42.3 Å². The molecule has 0 atom stereocenters. The molecule has 4 heteroatoms. The van der Waals surface area contributed by atoms with Crippen molar-refractivity contribution >= 4 is 11.6 Å². The highest BCUT2D eigenvalue weighted by molar-refractivity contribution is 6.32. The molecule has 0 aliphatic rings. The topological polar surface area (TPSA) is 44.5 Å². The number of ether oxygens (including phenoxy) is 2. The zero-order chi connectivity index (χ0) is 15.1. The first-order valence-corrected chi connectivity index (χ1v) is 7.37. The third-order valence-corrected chi connectivity index (χ3v) is 3.33. The molecule has 0 radical (unpaired) electrons. The lowest BCUT2D eigenvalue weighted by Gasteiger charge is -2.10. The summed E-state index contributed by atoms with van der Waals surface area (Å²) in [5, 5.41) is 0.645. The van der Waals surface area contributed by atoms with Crippen molar-refractivity contribution in [2.24, 2.45) is 5.73 Å². The lowest BCUT2D eigenvalue weighted by molar-refractivity contribution is 0.247. The fourth-order valence-corrected chi connectivity index (χ4v) is 2.21. The van der Waals surface area contributed by atoms with E-state index in [1.807, 2.05) is 49.4 Å². The first kappa shape index (κ1) is 15.7. The maximum Gasteiger partial charge on any atom is 0.137 e. The van der Waals surface area contributed by atoms with Crippen molar-refractivity contribution < 1.29 is 9.47 Å². The van der Waals surface area contributed by atoms with E-state index < -0.39 is 0 Å². The lowest BCUT2D eigenvalue weighted by Crippen LogP contribution is -2.05. The highest BCUT2D eigenvalue weighted by atomic mass is 35.5. The predicted molar refractivity (Wildman–Crippen MR) is 86.1 cm³/mol. The number of aryl methyl sites for hydroxylation is 1. The van der Waals surface area contributed by atoms with E-state index >= 15 is 0 Å². The standard InChI is InChI=1S/C17H20ClNO2/c1-13-6-7-17(16(18)10-13)21-9-3-8-20-15-5-2-4-14(11-15)12-19/h2,4-7,10-11H,3,8-9,12,19H2,1H3. The van der Waals surface area contributed by atoms with Gasteiger partial charge in [-0.25, -0.2) is 0 Å². The van der Waals surface area contributed by atoms with Crippen LogP contribution in [0.1, 0.15) is 17.5 Å². The van der Waals surface area contributed by atoms with Crippen molar-refractivity contribution in [3.63, 3.8) is 0 Å². The summed E-state index contributed by atoms with van der Waals surface area (Å²) in [7, 11) is 0. The fourth-order valence-electron chi connectivity index (χ4n) is 1.92. The number of halogens is 1. The Labute approximate surface area is 130 Å². The van der Waals surface area contributed by atoms with Gasteiger partial charge in [0.2, 0.25) is 0 Å². The smallest absolute Gasteiger partial charge is 0.137 e. The van der Waals surface area contributed by atoms with E-state index in [-0.39, 0.29) is 0 Å². The Bertz CT molecular complexity index is 587. The highest BCUT2D eigenvalue weighted by Gasteiger charge is 2.01. The second-order valence-corrected chi connectivity index (χ2v) is 5.24. The van der Waals surface area contributed by atoms with Crippen LogP contribution in [-0.4, -0.2) is 13.2 Å². The summed E-state index contributed by atoms with van der Waals surface area (Å²) in [4.78, 5) is 0. The monoisotopic (exact) mass is 305 g/mol. The highest BCUT2D eigenvalue weighted by Crippen LogP contribution is 2.25. The first-order chi connectivity index (χ1) is 10.2. The molecular formula is C17H20ClNO2. The molecule has 2 aromatic carbocycles. The van der Waals surface area contributed by atoms with Gasteiger partial charge in [0.05, 0.1) is 18.2 Å². The molecule has 0 bridgehead atoms. The summed E-state index contributed by atoms with van der Waals surface area (Å²) in [6, 6.07) is 13.6. The Kier molecular flexibility index (Phi) is 5.90. The van der Waals surface area contributed by atoms with Gasteiger partial charge in [0, 0.05) is 13.0 Å². The van der Waals surface area contributed by atoms with E-state index in [2.05, 4.69) is 0 Å². The van der Waals surface area contributed by atoms with Crippen LogP contribution in [0, 0.1) is 6.92 Å². The second kappa shape index (κ2) is 7.91. The van der Waals surface area contributed by atoms with Gasteiger partial charge in [0.25, 0.3) is 0 Å². The van der Waals surface area contributed by atoms with Crippen LogP contribution >= 0.6 is 11.6 Å². The average molecular weight is 306 g/mol. The SMILES string of the molecule is Cc1ccc(OCCCOc2cccc(CN)c2)c(Cl)c1. The minimum atomic E-state index is 0.520. The van der Waals surface area contributed by atoms with Gasteiger partial charge >= 0.3 is 0 Å². The molecule has 2 aromatic rings. The molecule has 21 heavy (non-hydrogen) atoms. The van der Waals surface area contributed by atoms with Gasteiger partial charge in [-0.3, -0.25) is 0 Å². The van der Waals surface area contributed by atoms with Crippen LogP contribution in [0.25, 0.3) is 0 Å². The molecule has 112 valence electrons. The minimum absolute atomic E-state index is 0.520. The van der Waals surface area contributed by atoms with E-state index in [9.17, 15) is 0 Å². The van der Waals surface area contributed by atoms with Crippen molar-refractivity contribution in [1.29, 1.82) is 0 Å². The number of rotatable bonds is 7. The van der Waals surface area contributed by atoms with Crippen LogP contribution < -0.4 is 15.2 Å². The summed E-state index contributed by atoms with van der Waals surface area (Å²) < 4.78 is 11.3. The molecule has 0 aliphatic carbocycles. The molecule has 2 rings (SSSR count). The van der Waals surface area contributed by atoms with Gasteiger partial charge in [-0.15, -0.1) is 0 Å². The Hall–Kier alpha value is -1.71. The summed E-state index contributed by atoms with van der Waals surface area (Å²) in [5.41, 5.74) is 7.78. The van der Waals surface area contributed by atoms with Crippen molar-refractivity contribution in [1.82, 2.24) is 0 Å². The molecule has 0 unspecified atom stereocenters. The predicted octanol–water partition coefficient (Wildman–Crippen LogP) is 3.96. The number of benzene rings is 2. The van der Waals surface area contributed by atoms with E-state index in [0.29, 0.717) is 30.5 Å². The maximum absolute atomic E-state index is 6.10. The molecule has 0 aromatic heterocycles. The van der Waals surface area contributed by atoms with Crippen LogP contribution in [0.2, 0.25) is 5.02 Å². The third-order valence-electron chi connectivity index (χ3n) is 3.04. The lowest BCUT2D eigenvalue weighted by atomic mass is 10.2. The Morgan fingerprint density at radius 1 is 1.05 bits per heavy atom. The summed E-state index contributed by atoms with van der Waals surface area (Å²) in [5.74, 6) is 1.55. The fraction of sp³-hybridized carbons (Fsp3) is 0.294. The number of hydrogen-bond donors (Lipinski definition) is 1. The van der Waals surface area contributed by atoms with Crippen LogP contribution in [0.5, 0.6) is 11.5 Å². The molecule has 0 spiro atoms. The minimum Gasteiger partial charge on any atom is -0.493 e. The number of hydrogen-bond acceptors (Lipinski definition) is 3. The van der Waals surface area contributed by atoms with E-state index in [1.165, 1.54) is 0 Å². The summed E-state index contributed by atoms with van der Waals surface area (Å²) >= 11 is 6.10. The summed E-state index contributed by atoms with van der Waals surface area (Å²) in [6.45, 7) is 3.68. The molecule has 2 N–H and O–H groups in total. The normalized spacial score (nSPS) is 10.4. The van der Waals surface area contributed by atoms with Gasteiger partial charge in [0.1, 0.15) is 11.5 Å². The van der Waals surface area contributed by atoms with Gasteiger partial charge < -0.3 is 15.2 Å². The van der Waals surface area contributed by atoms with Crippen molar-refractivity contribution in [2.75, 3.05) is 13.2 Å². The molecule has 0 aliphatic heterocycles. The molecule has 0 amide bonds. The molecule has 3 nitrogen and oxygen atoms in total. The van der Waals surface area contributed by atoms with Crippen molar-refractivity contribution in [3.8, 4) is 11.5 Å². The molecule has 0 saturated carbocycles. The van der Waals surface area contributed by atoms with Crippen molar-refractivity contribution in [3.05, 3.63) is 58.6 Å². The molecule has 0 saturated heterocycles. The van der Waals surface area contributed by atoms with E-state index in [4.69, 9.17) is 26.8 Å². The Balaban J connectivity index is 1.72. The van der Waals surface area contributed by atoms with Crippen molar-refractivity contribution in [2.45, 2.75) is 19.9 Å². The zero-order valence-corrected chi connectivity index (χ0v) is 12.9. The molecule has 0 fully saturated rings. The average Bonchev–Trinajstić information content (AvgIpc) is 2.49. The Morgan fingerprint density at radius 3 is 2.62 bits per heavy atom. The maximum atomic E-state index is 6.10. The number of nitrogens with two attached hydrogens (primary N) is 1. The largest absolute Gasteiger partial charge is 0.493 e. The van der Waals surface area contributed by atoms with Gasteiger partial charge in [-0.1, -0.05) is 29.8 Å².